The topological polar surface area (TPSA) is 50.6 Å². The minimum atomic E-state index is -0.258. The van der Waals surface area contributed by atoms with Gasteiger partial charge in [-0.3, -0.25) is 4.57 Å². The Morgan fingerprint density at radius 1 is 0.964 bits per heavy atom. The monoisotopic (exact) mass is 376 g/mol. The maximum atomic E-state index is 12.4. The van der Waals surface area contributed by atoms with Gasteiger partial charge in [0.2, 0.25) is 5.95 Å². The minimum Gasteiger partial charge on any atom is -0.445 e. The number of rotatable bonds is 4. The smallest absolute Gasteiger partial charge is 0.410 e. The molecule has 28 heavy (non-hydrogen) atoms. The molecule has 1 aromatic heterocycles. The molecule has 2 aromatic carbocycles. The van der Waals surface area contributed by atoms with Gasteiger partial charge in [0.1, 0.15) is 6.61 Å². The Balaban J connectivity index is 1.38. The number of aromatic nitrogens is 2. The van der Waals surface area contributed by atoms with Crippen molar-refractivity contribution >= 4 is 12.0 Å². The lowest BCUT2D eigenvalue weighted by atomic mass is 10.2. The summed E-state index contributed by atoms with van der Waals surface area (Å²) in [5.41, 5.74) is 3.18. The SMILES string of the molecule is Cc1cnc(N2CCN(C(=O)OCc3ccccc3)CC2)n1-c1ccccc1. The summed E-state index contributed by atoms with van der Waals surface area (Å²) < 4.78 is 7.61. The maximum Gasteiger partial charge on any atom is 0.410 e. The van der Waals surface area contributed by atoms with Gasteiger partial charge in [0, 0.05) is 37.6 Å². The average Bonchev–Trinajstić information content (AvgIpc) is 3.15. The molecule has 6 heteroatoms. The molecule has 1 amide bonds. The number of aryl methyl sites for hydroxylation is 1. The van der Waals surface area contributed by atoms with E-state index in [2.05, 4.69) is 33.5 Å². The van der Waals surface area contributed by atoms with Crippen LogP contribution in [0.15, 0.2) is 66.9 Å². The van der Waals surface area contributed by atoms with Crippen LogP contribution in [0.3, 0.4) is 0 Å². The molecule has 1 aliphatic heterocycles. The van der Waals surface area contributed by atoms with Gasteiger partial charge in [0.25, 0.3) is 0 Å². The lowest BCUT2D eigenvalue weighted by molar-refractivity contribution is 0.0940. The standard InChI is InChI=1S/C22H24N4O2/c1-18-16-23-21(26(18)20-10-6-3-7-11-20)24-12-14-25(15-13-24)22(27)28-17-19-8-4-2-5-9-19/h2-11,16H,12-15,17H2,1H3. The van der Waals surface area contributed by atoms with Crippen molar-refractivity contribution in [3.05, 3.63) is 78.1 Å². The fourth-order valence-electron chi connectivity index (χ4n) is 3.44. The Labute approximate surface area is 165 Å². The van der Waals surface area contributed by atoms with Gasteiger partial charge in [0.15, 0.2) is 0 Å². The van der Waals surface area contributed by atoms with Gasteiger partial charge in [0.05, 0.1) is 6.20 Å². The van der Waals surface area contributed by atoms with Crippen LogP contribution in [0.4, 0.5) is 10.7 Å². The second-order valence-corrected chi connectivity index (χ2v) is 6.88. The van der Waals surface area contributed by atoms with E-state index in [1.165, 1.54) is 0 Å². The third kappa shape index (κ3) is 3.86. The number of piperazine rings is 1. The van der Waals surface area contributed by atoms with Gasteiger partial charge < -0.3 is 14.5 Å². The number of anilines is 1. The van der Waals surface area contributed by atoms with E-state index in [0.717, 1.165) is 36.0 Å². The molecule has 0 unspecified atom stereocenters. The third-order valence-corrected chi connectivity index (χ3v) is 4.96. The molecule has 144 valence electrons. The summed E-state index contributed by atoms with van der Waals surface area (Å²) in [5, 5.41) is 0. The fourth-order valence-corrected chi connectivity index (χ4v) is 3.44. The third-order valence-electron chi connectivity index (χ3n) is 4.96. The van der Waals surface area contributed by atoms with E-state index in [1.54, 1.807) is 4.90 Å². The van der Waals surface area contributed by atoms with Crippen LogP contribution in [0.25, 0.3) is 5.69 Å². The first-order chi connectivity index (χ1) is 13.7. The molecular weight excluding hydrogens is 352 g/mol. The lowest BCUT2D eigenvalue weighted by Crippen LogP contribution is -2.49. The molecule has 0 saturated carbocycles. The van der Waals surface area contributed by atoms with E-state index in [4.69, 9.17) is 4.74 Å². The Morgan fingerprint density at radius 3 is 2.29 bits per heavy atom. The van der Waals surface area contributed by atoms with Crippen LogP contribution in [0.1, 0.15) is 11.3 Å². The van der Waals surface area contributed by atoms with E-state index < -0.39 is 0 Å². The molecule has 0 bridgehead atoms. The highest BCUT2D eigenvalue weighted by molar-refractivity contribution is 5.68. The van der Waals surface area contributed by atoms with Gasteiger partial charge in [-0.05, 0) is 24.6 Å². The van der Waals surface area contributed by atoms with Crippen LogP contribution < -0.4 is 4.90 Å². The molecular formula is C22H24N4O2. The molecule has 1 saturated heterocycles. The first-order valence-electron chi connectivity index (χ1n) is 9.53. The van der Waals surface area contributed by atoms with E-state index in [-0.39, 0.29) is 6.09 Å². The number of carbonyl (C=O) groups excluding carboxylic acids is 1. The van der Waals surface area contributed by atoms with Crippen molar-refractivity contribution in [1.82, 2.24) is 14.5 Å². The van der Waals surface area contributed by atoms with Crippen LogP contribution in [-0.2, 0) is 11.3 Å². The summed E-state index contributed by atoms with van der Waals surface area (Å²) in [4.78, 5) is 21.0. The number of hydrogen-bond acceptors (Lipinski definition) is 4. The van der Waals surface area contributed by atoms with E-state index in [9.17, 15) is 4.79 Å². The van der Waals surface area contributed by atoms with Crippen molar-refractivity contribution in [2.24, 2.45) is 0 Å². The predicted octanol–water partition coefficient (Wildman–Crippen LogP) is 3.64. The van der Waals surface area contributed by atoms with Crippen molar-refractivity contribution in [3.63, 3.8) is 0 Å². The van der Waals surface area contributed by atoms with Gasteiger partial charge in [-0.2, -0.15) is 0 Å². The second-order valence-electron chi connectivity index (χ2n) is 6.88. The van der Waals surface area contributed by atoms with E-state index in [1.807, 2.05) is 54.7 Å². The highest BCUT2D eigenvalue weighted by Crippen LogP contribution is 2.22. The molecule has 0 radical (unpaired) electrons. The van der Waals surface area contributed by atoms with Crippen LogP contribution in [-0.4, -0.2) is 46.7 Å². The Bertz CT molecular complexity index is 916. The molecule has 0 atom stereocenters. The molecule has 4 rings (SSSR count). The molecule has 0 spiro atoms. The van der Waals surface area contributed by atoms with Gasteiger partial charge in [-0.15, -0.1) is 0 Å². The Hall–Kier alpha value is -3.28. The summed E-state index contributed by atoms with van der Waals surface area (Å²) in [7, 11) is 0. The second kappa shape index (κ2) is 8.17. The Morgan fingerprint density at radius 2 is 1.61 bits per heavy atom. The van der Waals surface area contributed by atoms with E-state index >= 15 is 0 Å². The number of benzene rings is 2. The normalized spacial score (nSPS) is 14.2. The predicted molar refractivity (Wildman–Crippen MR) is 109 cm³/mol. The number of nitrogens with zero attached hydrogens (tertiary/aromatic N) is 4. The summed E-state index contributed by atoms with van der Waals surface area (Å²) in [6.45, 7) is 5.05. The quantitative estimate of drug-likeness (QED) is 0.698. The summed E-state index contributed by atoms with van der Waals surface area (Å²) in [5.74, 6) is 0.918. The number of para-hydroxylation sites is 1. The number of ether oxygens (including phenoxy) is 1. The largest absolute Gasteiger partial charge is 0.445 e. The van der Waals surface area contributed by atoms with Crippen molar-refractivity contribution in [2.45, 2.75) is 13.5 Å². The van der Waals surface area contributed by atoms with Gasteiger partial charge in [-0.25, -0.2) is 9.78 Å². The minimum absolute atomic E-state index is 0.258. The maximum absolute atomic E-state index is 12.4. The summed E-state index contributed by atoms with van der Waals surface area (Å²) >= 11 is 0. The van der Waals surface area contributed by atoms with Crippen LogP contribution in [0.5, 0.6) is 0 Å². The van der Waals surface area contributed by atoms with Crippen molar-refractivity contribution in [2.75, 3.05) is 31.1 Å². The van der Waals surface area contributed by atoms with E-state index in [0.29, 0.717) is 19.7 Å². The zero-order chi connectivity index (χ0) is 19.3. The lowest BCUT2D eigenvalue weighted by Gasteiger charge is -2.35. The molecule has 0 N–H and O–H groups in total. The number of imidazole rings is 1. The van der Waals surface area contributed by atoms with Crippen LogP contribution in [0.2, 0.25) is 0 Å². The molecule has 1 aliphatic rings. The summed E-state index contributed by atoms with van der Waals surface area (Å²) in [6.07, 6.45) is 1.63. The highest BCUT2D eigenvalue weighted by Gasteiger charge is 2.25. The number of amides is 1. The van der Waals surface area contributed by atoms with Crippen LogP contribution >= 0.6 is 0 Å². The highest BCUT2D eigenvalue weighted by atomic mass is 16.6. The van der Waals surface area contributed by atoms with Crippen molar-refractivity contribution < 1.29 is 9.53 Å². The number of carbonyl (C=O) groups is 1. The van der Waals surface area contributed by atoms with Crippen LogP contribution in [0, 0.1) is 6.92 Å². The average molecular weight is 376 g/mol. The molecule has 0 aliphatic carbocycles. The zero-order valence-electron chi connectivity index (χ0n) is 16.0. The molecule has 2 heterocycles. The first-order valence-corrected chi connectivity index (χ1v) is 9.53. The molecule has 6 nitrogen and oxygen atoms in total. The summed E-state index contributed by atoms with van der Waals surface area (Å²) in [6, 6.07) is 20.0. The zero-order valence-corrected chi connectivity index (χ0v) is 16.0. The fraction of sp³-hybridized carbons (Fsp3) is 0.273. The molecule has 1 fully saturated rings. The Kier molecular flexibility index (Phi) is 5.28. The van der Waals surface area contributed by atoms with Gasteiger partial charge >= 0.3 is 6.09 Å². The number of hydrogen-bond donors (Lipinski definition) is 0. The van der Waals surface area contributed by atoms with Crippen molar-refractivity contribution in [3.8, 4) is 5.69 Å². The van der Waals surface area contributed by atoms with Crippen molar-refractivity contribution in [1.29, 1.82) is 0 Å². The first kappa shape index (κ1) is 18.1. The molecule has 3 aromatic rings. The van der Waals surface area contributed by atoms with Gasteiger partial charge in [-0.1, -0.05) is 48.5 Å².